The van der Waals surface area contributed by atoms with E-state index >= 15 is 0 Å². The molecule has 0 saturated heterocycles. The molecule has 0 radical (unpaired) electrons. The fourth-order valence-corrected chi connectivity index (χ4v) is 3.88. The van der Waals surface area contributed by atoms with Gasteiger partial charge in [-0.25, -0.2) is 20.0 Å². The molecule has 2 N–H and O–H groups in total. The Morgan fingerprint density at radius 2 is 2.04 bits per heavy atom. The average Bonchev–Trinajstić information content (AvgIpc) is 3.19. The number of carbonyl (C=O) groups excluding carboxylic acids is 1. The molecule has 0 bridgehead atoms. The third-order valence-corrected chi connectivity index (χ3v) is 5.35. The van der Waals surface area contributed by atoms with Crippen LogP contribution in [0.5, 0.6) is 0 Å². The van der Waals surface area contributed by atoms with Crippen LogP contribution in [0, 0.1) is 0 Å². The van der Waals surface area contributed by atoms with E-state index in [9.17, 15) is 4.79 Å². The summed E-state index contributed by atoms with van der Waals surface area (Å²) in [6.07, 6.45) is 4.89. The maximum Gasteiger partial charge on any atom is 0.302 e. The van der Waals surface area contributed by atoms with E-state index in [4.69, 9.17) is 5.73 Å². The Kier molecular flexibility index (Phi) is 4.63. The molecule has 9 heteroatoms. The monoisotopic (exact) mass is 382 g/mol. The molecule has 0 aliphatic carbocycles. The molecule has 7 nitrogen and oxygen atoms in total. The molecule has 0 saturated carbocycles. The molecule has 3 heterocycles. The van der Waals surface area contributed by atoms with Gasteiger partial charge in [-0.3, -0.25) is 4.79 Å². The van der Waals surface area contributed by atoms with E-state index in [1.54, 1.807) is 18.6 Å². The Labute approximate surface area is 158 Å². The summed E-state index contributed by atoms with van der Waals surface area (Å²) in [4.78, 5) is 25.0. The lowest BCUT2D eigenvalue weighted by Gasteiger charge is -2.22. The van der Waals surface area contributed by atoms with Gasteiger partial charge in [0.25, 0.3) is 0 Å². The molecule has 130 valence electrons. The zero-order chi connectivity index (χ0) is 17.9. The van der Waals surface area contributed by atoms with Crippen molar-refractivity contribution in [1.82, 2.24) is 20.0 Å². The van der Waals surface area contributed by atoms with Crippen molar-refractivity contribution in [1.29, 1.82) is 0 Å². The largest absolute Gasteiger partial charge is 0.396 e. The number of hydrogen-bond donors (Lipinski definition) is 1. The summed E-state index contributed by atoms with van der Waals surface area (Å²) in [5.41, 5.74) is 8.79. The summed E-state index contributed by atoms with van der Waals surface area (Å²) in [6, 6.07) is 7.74. The third-order valence-electron chi connectivity index (χ3n) is 3.65. The SMILES string of the molecule is Nc1cnc(-c2cccc(CN3N=C(c4nccs4)CSC3=O)c2)nc1. The van der Waals surface area contributed by atoms with Gasteiger partial charge in [0, 0.05) is 17.1 Å². The van der Waals surface area contributed by atoms with Crippen LogP contribution in [0.2, 0.25) is 0 Å². The highest BCUT2D eigenvalue weighted by Gasteiger charge is 2.23. The fraction of sp³-hybridized carbons (Fsp3) is 0.118. The van der Waals surface area contributed by atoms with Crippen LogP contribution in [0.3, 0.4) is 0 Å². The number of thioether (sulfide) groups is 1. The topological polar surface area (TPSA) is 97.4 Å². The maximum atomic E-state index is 12.2. The lowest BCUT2D eigenvalue weighted by Crippen LogP contribution is -2.29. The van der Waals surface area contributed by atoms with Crippen molar-refractivity contribution in [3.05, 3.63) is 58.8 Å². The van der Waals surface area contributed by atoms with Gasteiger partial charge in [-0.05, 0) is 11.6 Å². The van der Waals surface area contributed by atoms with Crippen LogP contribution in [0.4, 0.5) is 10.5 Å². The van der Waals surface area contributed by atoms with E-state index in [0.29, 0.717) is 23.8 Å². The second-order valence-electron chi connectivity index (χ2n) is 5.54. The van der Waals surface area contributed by atoms with Crippen molar-refractivity contribution in [2.75, 3.05) is 11.5 Å². The zero-order valence-corrected chi connectivity index (χ0v) is 15.2. The summed E-state index contributed by atoms with van der Waals surface area (Å²) in [5.74, 6) is 1.13. The second-order valence-corrected chi connectivity index (χ2v) is 7.36. The number of hydrazone groups is 1. The number of thiazole rings is 1. The van der Waals surface area contributed by atoms with Gasteiger partial charge in [0.2, 0.25) is 0 Å². The van der Waals surface area contributed by atoms with Gasteiger partial charge in [0.05, 0.1) is 30.4 Å². The van der Waals surface area contributed by atoms with Crippen LogP contribution >= 0.6 is 23.1 Å². The summed E-state index contributed by atoms with van der Waals surface area (Å²) in [5, 5.41) is 8.65. The molecule has 1 amide bonds. The minimum absolute atomic E-state index is 0.0700. The molecule has 26 heavy (non-hydrogen) atoms. The van der Waals surface area contributed by atoms with Crippen molar-refractivity contribution in [3.8, 4) is 11.4 Å². The first-order valence-electron chi connectivity index (χ1n) is 7.77. The van der Waals surface area contributed by atoms with E-state index in [2.05, 4.69) is 20.1 Å². The smallest absolute Gasteiger partial charge is 0.302 e. The lowest BCUT2D eigenvalue weighted by atomic mass is 10.1. The van der Waals surface area contributed by atoms with Gasteiger partial charge in [-0.15, -0.1) is 11.3 Å². The van der Waals surface area contributed by atoms with E-state index in [1.165, 1.54) is 28.1 Å². The Hall–Kier alpha value is -2.78. The van der Waals surface area contributed by atoms with Crippen LogP contribution < -0.4 is 5.73 Å². The first kappa shape index (κ1) is 16.7. The summed E-state index contributed by atoms with van der Waals surface area (Å²) in [7, 11) is 0. The summed E-state index contributed by atoms with van der Waals surface area (Å²) >= 11 is 2.76. The lowest BCUT2D eigenvalue weighted by molar-refractivity contribution is 0.222. The molecular formula is C17H14N6OS2. The Bertz CT molecular complexity index is 956. The average molecular weight is 382 g/mol. The Balaban J connectivity index is 1.58. The number of rotatable bonds is 4. The van der Waals surface area contributed by atoms with Gasteiger partial charge in [0.1, 0.15) is 10.7 Å². The third kappa shape index (κ3) is 3.58. The van der Waals surface area contributed by atoms with Gasteiger partial charge in [-0.1, -0.05) is 30.0 Å². The first-order chi connectivity index (χ1) is 12.7. The zero-order valence-electron chi connectivity index (χ0n) is 13.6. The molecule has 0 atom stereocenters. The molecule has 0 fully saturated rings. The quantitative estimate of drug-likeness (QED) is 0.744. The van der Waals surface area contributed by atoms with Crippen molar-refractivity contribution < 1.29 is 4.79 Å². The highest BCUT2D eigenvalue weighted by molar-refractivity contribution is 8.14. The molecule has 0 spiro atoms. The van der Waals surface area contributed by atoms with Crippen molar-refractivity contribution in [2.45, 2.75) is 6.54 Å². The van der Waals surface area contributed by atoms with E-state index < -0.39 is 0 Å². The number of carbonyl (C=O) groups is 1. The number of amides is 1. The molecule has 0 unspecified atom stereocenters. The fourth-order valence-electron chi connectivity index (χ4n) is 2.46. The van der Waals surface area contributed by atoms with Crippen LogP contribution in [0.25, 0.3) is 11.4 Å². The van der Waals surface area contributed by atoms with Gasteiger partial charge >= 0.3 is 5.24 Å². The van der Waals surface area contributed by atoms with E-state index in [0.717, 1.165) is 21.8 Å². The molecule has 1 aromatic carbocycles. The van der Waals surface area contributed by atoms with Crippen LogP contribution in [-0.4, -0.2) is 36.7 Å². The number of aromatic nitrogens is 3. The number of nitrogens with two attached hydrogens (primary N) is 1. The normalized spacial score (nSPS) is 14.4. The number of nitrogen functional groups attached to an aromatic ring is 1. The van der Waals surface area contributed by atoms with Crippen LogP contribution in [0.1, 0.15) is 10.6 Å². The van der Waals surface area contributed by atoms with Gasteiger partial charge in [-0.2, -0.15) is 5.10 Å². The Morgan fingerprint density at radius 1 is 1.19 bits per heavy atom. The molecular weight excluding hydrogens is 368 g/mol. The molecule has 1 aliphatic heterocycles. The standard InChI is InChI=1S/C17H14N6OS2/c18-13-7-20-15(21-8-13)12-3-1-2-11(6-12)9-23-17(24)26-10-14(22-23)16-19-4-5-25-16/h1-8H,9-10,18H2. The highest BCUT2D eigenvalue weighted by atomic mass is 32.2. The predicted molar refractivity (Wildman–Crippen MR) is 104 cm³/mol. The number of benzene rings is 1. The molecule has 3 aromatic rings. The van der Waals surface area contributed by atoms with Gasteiger partial charge < -0.3 is 5.73 Å². The number of anilines is 1. The van der Waals surface area contributed by atoms with Gasteiger partial charge in [0.15, 0.2) is 5.82 Å². The van der Waals surface area contributed by atoms with Crippen molar-refractivity contribution in [3.63, 3.8) is 0 Å². The van der Waals surface area contributed by atoms with Crippen molar-refractivity contribution >= 4 is 39.7 Å². The molecule has 2 aromatic heterocycles. The minimum Gasteiger partial charge on any atom is -0.396 e. The van der Waals surface area contributed by atoms with Crippen LogP contribution in [-0.2, 0) is 6.54 Å². The van der Waals surface area contributed by atoms with Crippen molar-refractivity contribution in [2.24, 2.45) is 5.10 Å². The first-order valence-corrected chi connectivity index (χ1v) is 9.64. The minimum atomic E-state index is -0.0700. The van der Waals surface area contributed by atoms with Crippen LogP contribution in [0.15, 0.2) is 53.3 Å². The predicted octanol–water partition coefficient (Wildman–Crippen LogP) is 3.26. The van der Waals surface area contributed by atoms with E-state index in [-0.39, 0.29) is 5.24 Å². The summed E-state index contributed by atoms with van der Waals surface area (Å²) in [6.45, 7) is 0.378. The number of nitrogens with zero attached hydrogens (tertiary/aromatic N) is 5. The summed E-state index contributed by atoms with van der Waals surface area (Å²) < 4.78 is 0. The highest BCUT2D eigenvalue weighted by Crippen LogP contribution is 2.24. The second kappa shape index (κ2) is 7.22. The maximum absolute atomic E-state index is 12.2. The Morgan fingerprint density at radius 3 is 2.81 bits per heavy atom. The number of hydrogen-bond acceptors (Lipinski definition) is 8. The molecule has 4 rings (SSSR count). The molecule has 1 aliphatic rings. The van der Waals surface area contributed by atoms with E-state index in [1.807, 2.05) is 29.6 Å².